The summed E-state index contributed by atoms with van der Waals surface area (Å²) in [6.07, 6.45) is 0. The minimum absolute atomic E-state index is 0.0304. The van der Waals surface area contributed by atoms with Crippen LogP contribution in [0.15, 0.2) is 24.3 Å². The van der Waals surface area contributed by atoms with Crippen molar-refractivity contribution in [3.8, 4) is 0 Å². The summed E-state index contributed by atoms with van der Waals surface area (Å²) >= 11 is 5.70. The number of carbonyl (C=O) groups is 1. The van der Waals surface area contributed by atoms with Crippen LogP contribution in [0.5, 0.6) is 0 Å². The molecule has 3 N–H and O–H groups in total. The van der Waals surface area contributed by atoms with Crippen LogP contribution in [0, 0.1) is 0 Å². The number of urea groups is 1. The lowest BCUT2D eigenvalue weighted by Crippen LogP contribution is -2.35. The number of carbonyl (C=O) groups excluding carboxylic acids is 1. The van der Waals surface area contributed by atoms with Gasteiger partial charge < -0.3 is 10.6 Å². The number of amides is 2. The van der Waals surface area contributed by atoms with Crippen LogP contribution < -0.4 is 15.4 Å². The molecule has 0 aromatic heterocycles. The normalized spacial score (nSPS) is 11.0. The molecule has 0 aliphatic heterocycles. The van der Waals surface area contributed by atoms with Crippen molar-refractivity contribution >= 4 is 33.3 Å². The number of anilines is 1. The number of benzene rings is 1. The second-order valence-electron chi connectivity index (χ2n) is 3.41. The zero-order valence-electron chi connectivity index (χ0n) is 9.73. The summed E-state index contributed by atoms with van der Waals surface area (Å²) in [5.41, 5.74) is 0.577. The van der Waals surface area contributed by atoms with Gasteiger partial charge in [0.1, 0.15) is 0 Å². The molecule has 0 unspecified atom stereocenters. The van der Waals surface area contributed by atoms with Crippen molar-refractivity contribution in [2.45, 2.75) is 0 Å². The van der Waals surface area contributed by atoms with Crippen LogP contribution in [0.2, 0.25) is 5.02 Å². The smallest absolute Gasteiger partial charge is 0.319 e. The topological polar surface area (TPSA) is 87.3 Å². The molecule has 0 spiro atoms. The van der Waals surface area contributed by atoms with Crippen molar-refractivity contribution in [2.75, 3.05) is 24.7 Å². The van der Waals surface area contributed by atoms with Crippen LogP contribution in [0.25, 0.3) is 0 Å². The summed E-state index contributed by atoms with van der Waals surface area (Å²) in [6.45, 7) is 0.0304. The summed E-state index contributed by atoms with van der Waals surface area (Å²) in [5.74, 6) is -0.169. The zero-order valence-corrected chi connectivity index (χ0v) is 11.3. The average molecular weight is 292 g/mol. The summed E-state index contributed by atoms with van der Waals surface area (Å²) in [6, 6.07) is 6.10. The Hall–Kier alpha value is -1.31. The maximum atomic E-state index is 11.4. The third-order valence-electron chi connectivity index (χ3n) is 2.07. The quantitative estimate of drug-likeness (QED) is 0.756. The molecular formula is C10H14ClN3O3S. The highest BCUT2D eigenvalue weighted by Crippen LogP contribution is 2.12. The van der Waals surface area contributed by atoms with Crippen LogP contribution >= 0.6 is 11.6 Å². The predicted molar refractivity (Wildman–Crippen MR) is 71.3 cm³/mol. The summed E-state index contributed by atoms with van der Waals surface area (Å²) in [7, 11) is -1.98. The number of hydrogen-bond acceptors (Lipinski definition) is 3. The van der Waals surface area contributed by atoms with Crippen LogP contribution in [-0.2, 0) is 10.0 Å². The highest BCUT2D eigenvalue weighted by atomic mass is 35.5. The van der Waals surface area contributed by atoms with Gasteiger partial charge in [0.2, 0.25) is 10.0 Å². The Balaban J connectivity index is 2.36. The Morgan fingerprint density at radius 2 is 1.89 bits per heavy atom. The Morgan fingerprint density at radius 1 is 1.28 bits per heavy atom. The van der Waals surface area contributed by atoms with Gasteiger partial charge in [-0.1, -0.05) is 11.6 Å². The van der Waals surface area contributed by atoms with E-state index in [9.17, 15) is 13.2 Å². The number of nitrogens with one attached hydrogen (secondary N) is 3. The van der Waals surface area contributed by atoms with E-state index >= 15 is 0 Å². The zero-order chi connectivity index (χ0) is 13.6. The van der Waals surface area contributed by atoms with Gasteiger partial charge in [0.15, 0.2) is 0 Å². The first kappa shape index (κ1) is 14.7. The summed E-state index contributed by atoms with van der Waals surface area (Å²) in [4.78, 5) is 11.4. The van der Waals surface area contributed by atoms with E-state index in [1.807, 2.05) is 0 Å². The lowest BCUT2D eigenvalue weighted by molar-refractivity contribution is 0.252. The fraction of sp³-hybridized carbons (Fsp3) is 0.300. The first-order chi connectivity index (χ1) is 8.43. The van der Waals surface area contributed by atoms with E-state index in [1.54, 1.807) is 24.3 Å². The molecule has 100 valence electrons. The molecule has 0 heterocycles. The molecule has 0 bridgehead atoms. The molecule has 0 aliphatic rings. The van der Waals surface area contributed by atoms with Gasteiger partial charge in [0, 0.05) is 17.3 Å². The largest absolute Gasteiger partial charge is 0.337 e. The van der Waals surface area contributed by atoms with E-state index < -0.39 is 16.1 Å². The Kier molecular flexibility index (Phi) is 5.39. The van der Waals surface area contributed by atoms with E-state index in [2.05, 4.69) is 15.4 Å². The lowest BCUT2D eigenvalue weighted by Gasteiger charge is -2.07. The standard InChI is InChI=1S/C10H14ClN3O3S/c1-12-18(16,17)7-6-13-10(15)14-9-4-2-8(11)3-5-9/h2-5,12H,6-7H2,1H3,(H2,13,14,15). The fourth-order valence-electron chi connectivity index (χ4n) is 1.11. The van der Waals surface area contributed by atoms with Gasteiger partial charge in [-0.25, -0.2) is 17.9 Å². The molecule has 1 aromatic rings. The van der Waals surface area contributed by atoms with Gasteiger partial charge in [-0.05, 0) is 31.3 Å². The van der Waals surface area contributed by atoms with Gasteiger partial charge >= 0.3 is 6.03 Å². The minimum Gasteiger partial charge on any atom is -0.337 e. The Labute approximate surface area is 111 Å². The summed E-state index contributed by atoms with van der Waals surface area (Å²) < 4.78 is 24.3. The molecule has 18 heavy (non-hydrogen) atoms. The number of sulfonamides is 1. The van der Waals surface area contributed by atoms with Crippen molar-refractivity contribution in [1.29, 1.82) is 0 Å². The van der Waals surface area contributed by atoms with Gasteiger partial charge in [0.05, 0.1) is 5.75 Å². The molecule has 6 nitrogen and oxygen atoms in total. The van der Waals surface area contributed by atoms with Crippen LogP contribution in [0.1, 0.15) is 0 Å². The van der Waals surface area contributed by atoms with Crippen LogP contribution in [0.3, 0.4) is 0 Å². The maximum Gasteiger partial charge on any atom is 0.319 e. The number of hydrogen-bond donors (Lipinski definition) is 3. The molecule has 0 atom stereocenters. The highest BCUT2D eigenvalue weighted by Gasteiger charge is 2.07. The number of rotatable bonds is 5. The van der Waals surface area contributed by atoms with E-state index in [0.717, 1.165) is 0 Å². The molecule has 2 amide bonds. The molecule has 0 saturated carbocycles. The molecule has 1 aromatic carbocycles. The Bertz CT molecular complexity index is 502. The van der Waals surface area contributed by atoms with Gasteiger partial charge in [0.25, 0.3) is 0 Å². The fourth-order valence-corrected chi connectivity index (χ4v) is 1.81. The van der Waals surface area contributed by atoms with Crippen molar-refractivity contribution in [3.63, 3.8) is 0 Å². The van der Waals surface area contributed by atoms with Crippen molar-refractivity contribution in [2.24, 2.45) is 0 Å². The van der Waals surface area contributed by atoms with E-state index in [1.165, 1.54) is 7.05 Å². The highest BCUT2D eigenvalue weighted by molar-refractivity contribution is 7.89. The third kappa shape index (κ3) is 5.35. The van der Waals surface area contributed by atoms with Gasteiger partial charge in [-0.15, -0.1) is 0 Å². The van der Waals surface area contributed by atoms with Crippen molar-refractivity contribution < 1.29 is 13.2 Å². The Morgan fingerprint density at radius 3 is 2.44 bits per heavy atom. The van der Waals surface area contributed by atoms with Crippen molar-refractivity contribution in [1.82, 2.24) is 10.0 Å². The second-order valence-corrected chi connectivity index (χ2v) is 5.89. The van der Waals surface area contributed by atoms with Gasteiger partial charge in [-0.3, -0.25) is 0 Å². The van der Waals surface area contributed by atoms with E-state index in [-0.39, 0.29) is 12.3 Å². The van der Waals surface area contributed by atoms with Gasteiger partial charge in [-0.2, -0.15) is 0 Å². The number of halogens is 1. The molecular weight excluding hydrogens is 278 g/mol. The predicted octanol–water partition coefficient (Wildman–Crippen LogP) is 1.01. The van der Waals surface area contributed by atoms with E-state index in [4.69, 9.17) is 11.6 Å². The first-order valence-corrected chi connectivity index (χ1v) is 7.17. The van der Waals surface area contributed by atoms with Crippen LogP contribution in [0.4, 0.5) is 10.5 Å². The molecule has 0 fully saturated rings. The monoisotopic (exact) mass is 291 g/mol. The van der Waals surface area contributed by atoms with Crippen molar-refractivity contribution in [3.05, 3.63) is 29.3 Å². The SMILES string of the molecule is CNS(=O)(=O)CCNC(=O)Nc1ccc(Cl)cc1. The minimum atomic E-state index is -3.30. The van der Waals surface area contributed by atoms with E-state index in [0.29, 0.717) is 10.7 Å². The molecule has 0 saturated heterocycles. The molecule has 0 aliphatic carbocycles. The first-order valence-electron chi connectivity index (χ1n) is 5.14. The average Bonchev–Trinajstić information content (AvgIpc) is 2.32. The van der Waals surface area contributed by atoms with Crippen LogP contribution in [-0.4, -0.2) is 33.8 Å². The lowest BCUT2D eigenvalue weighted by atomic mass is 10.3. The molecule has 1 rings (SSSR count). The third-order valence-corrected chi connectivity index (χ3v) is 3.69. The molecule has 8 heteroatoms. The second kappa shape index (κ2) is 6.58. The summed E-state index contributed by atoms with van der Waals surface area (Å²) in [5, 5.41) is 5.55. The maximum absolute atomic E-state index is 11.4. The molecule has 0 radical (unpaired) electrons.